The fourth-order valence-corrected chi connectivity index (χ4v) is 3.24. The van der Waals surface area contributed by atoms with Gasteiger partial charge in [-0.25, -0.2) is 4.98 Å². The number of aromatic nitrogens is 1. The molecule has 1 fully saturated rings. The molecule has 0 N–H and O–H groups in total. The number of benzene rings is 1. The molecule has 0 spiro atoms. The Morgan fingerprint density at radius 3 is 2.63 bits per heavy atom. The third kappa shape index (κ3) is 2.51. The topological polar surface area (TPSA) is 50.3 Å². The smallest absolute Gasteiger partial charge is 0.272 e. The molecule has 98 valence electrons. The summed E-state index contributed by atoms with van der Waals surface area (Å²) in [7, 11) is -0.770. The molecular formula is C14H14N2O2S. The average molecular weight is 274 g/mol. The van der Waals surface area contributed by atoms with Crippen LogP contribution >= 0.6 is 0 Å². The minimum Gasteiger partial charge on any atom is -0.335 e. The molecule has 0 atom stereocenters. The van der Waals surface area contributed by atoms with Crippen LogP contribution in [0.4, 0.5) is 0 Å². The van der Waals surface area contributed by atoms with E-state index in [1.807, 2.05) is 30.3 Å². The van der Waals surface area contributed by atoms with Crippen LogP contribution in [0.1, 0.15) is 10.5 Å². The number of rotatable bonds is 1. The molecule has 19 heavy (non-hydrogen) atoms. The van der Waals surface area contributed by atoms with Crippen LogP contribution in [0.3, 0.4) is 0 Å². The molecule has 1 aromatic heterocycles. The zero-order chi connectivity index (χ0) is 13.2. The number of fused-ring (bicyclic) bond motifs is 1. The fourth-order valence-electron chi connectivity index (χ4n) is 2.19. The summed E-state index contributed by atoms with van der Waals surface area (Å²) in [5.74, 6) is 1.07. The van der Waals surface area contributed by atoms with Gasteiger partial charge in [0.2, 0.25) is 0 Å². The number of pyridine rings is 1. The van der Waals surface area contributed by atoms with E-state index in [0.29, 0.717) is 30.3 Å². The monoisotopic (exact) mass is 274 g/mol. The van der Waals surface area contributed by atoms with Gasteiger partial charge >= 0.3 is 0 Å². The summed E-state index contributed by atoms with van der Waals surface area (Å²) in [6, 6.07) is 11.4. The van der Waals surface area contributed by atoms with Gasteiger partial charge in [0.05, 0.1) is 5.52 Å². The number of amides is 1. The van der Waals surface area contributed by atoms with Gasteiger partial charge in [0.15, 0.2) is 0 Å². The number of carbonyl (C=O) groups excluding carboxylic acids is 1. The van der Waals surface area contributed by atoms with Gasteiger partial charge in [-0.05, 0) is 12.1 Å². The first-order chi connectivity index (χ1) is 9.24. The van der Waals surface area contributed by atoms with Crippen molar-refractivity contribution in [1.82, 2.24) is 9.88 Å². The van der Waals surface area contributed by atoms with Crippen LogP contribution in [0, 0.1) is 0 Å². The summed E-state index contributed by atoms with van der Waals surface area (Å²) in [6.45, 7) is 1.11. The Hall–Kier alpha value is -1.75. The molecule has 0 aliphatic carbocycles. The van der Waals surface area contributed by atoms with Crippen molar-refractivity contribution >= 4 is 27.6 Å². The third-order valence-electron chi connectivity index (χ3n) is 3.28. The van der Waals surface area contributed by atoms with E-state index in [2.05, 4.69) is 4.98 Å². The standard InChI is InChI=1S/C14H14N2O2S/c17-14(16-7-9-19(18)10-8-16)13-6-5-11-3-1-2-4-12(11)15-13/h1-6H,7-10H2. The molecule has 1 aliphatic heterocycles. The Kier molecular flexibility index (Phi) is 3.29. The van der Waals surface area contributed by atoms with Crippen molar-refractivity contribution in [2.75, 3.05) is 24.6 Å². The van der Waals surface area contributed by atoms with Crippen LogP contribution in [-0.2, 0) is 10.8 Å². The van der Waals surface area contributed by atoms with E-state index in [-0.39, 0.29) is 5.91 Å². The highest BCUT2D eigenvalue weighted by Crippen LogP contribution is 2.14. The van der Waals surface area contributed by atoms with Crippen LogP contribution < -0.4 is 0 Å². The Balaban J connectivity index is 1.87. The van der Waals surface area contributed by atoms with Crippen molar-refractivity contribution in [3.05, 3.63) is 42.1 Å². The molecule has 1 amide bonds. The van der Waals surface area contributed by atoms with E-state index in [0.717, 1.165) is 10.9 Å². The van der Waals surface area contributed by atoms with Crippen molar-refractivity contribution in [2.45, 2.75) is 0 Å². The average Bonchev–Trinajstić information content (AvgIpc) is 2.47. The maximum atomic E-state index is 12.3. The Labute approximate surface area is 113 Å². The highest BCUT2D eigenvalue weighted by molar-refractivity contribution is 7.85. The number of hydrogen-bond acceptors (Lipinski definition) is 3. The Morgan fingerprint density at radius 2 is 1.84 bits per heavy atom. The molecule has 4 nitrogen and oxygen atoms in total. The molecule has 1 aliphatic rings. The number of carbonyl (C=O) groups is 1. The van der Waals surface area contributed by atoms with E-state index in [4.69, 9.17) is 0 Å². The van der Waals surface area contributed by atoms with E-state index < -0.39 is 10.8 Å². The van der Waals surface area contributed by atoms with Gasteiger partial charge in [-0.15, -0.1) is 0 Å². The minimum atomic E-state index is -0.770. The summed E-state index contributed by atoms with van der Waals surface area (Å²) < 4.78 is 11.3. The summed E-state index contributed by atoms with van der Waals surface area (Å²) in [5.41, 5.74) is 1.29. The lowest BCUT2D eigenvalue weighted by Crippen LogP contribution is -2.42. The van der Waals surface area contributed by atoms with Gasteiger partial charge in [0.1, 0.15) is 5.69 Å². The van der Waals surface area contributed by atoms with Gasteiger partial charge in [-0.1, -0.05) is 24.3 Å². The zero-order valence-electron chi connectivity index (χ0n) is 10.4. The molecular weight excluding hydrogens is 260 g/mol. The van der Waals surface area contributed by atoms with Gasteiger partial charge in [0, 0.05) is 40.8 Å². The number of hydrogen-bond donors (Lipinski definition) is 0. The van der Waals surface area contributed by atoms with Gasteiger partial charge in [-0.2, -0.15) is 0 Å². The number of nitrogens with zero attached hydrogens (tertiary/aromatic N) is 2. The summed E-state index contributed by atoms with van der Waals surface area (Å²) in [6.07, 6.45) is 0. The highest BCUT2D eigenvalue weighted by Gasteiger charge is 2.22. The van der Waals surface area contributed by atoms with Crippen LogP contribution in [0.5, 0.6) is 0 Å². The van der Waals surface area contributed by atoms with Crippen molar-refractivity contribution in [3.8, 4) is 0 Å². The molecule has 1 saturated heterocycles. The predicted octanol–water partition coefficient (Wildman–Crippen LogP) is 1.44. The van der Waals surface area contributed by atoms with E-state index >= 15 is 0 Å². The first kappa shape index (κ1) is 12.3. The minimum absolute atomic E-state index is 0.0672. The lowest BCUT2D eigenvalue weighted by molar-refractivity contribution is 0.0766. The number of para-hydroxylation sites is 1. The summed E-state index contributed by atoms with van der Waals surface area (Å²) in [4.78, 5) is 18.5. The molecule has 0 saturated carbocycles. The lowest BCUT2D eigenvalue weighted by atomic mass is 10.2. The maximum Gasteiger partial charge on any atom is 0.272 e. The molecule has 2 aromatic rings. The van der Waals surface area contributed by atoms with Crippen LogP contribution in [-0.4, -0.2) is 44.6 Å². The third-order valence-corrected chi connectivity index (χ3v) is 4.56. The second kappa shape index (κ2) is 5.09. The largest absolute Gasteiger partial charge is 0.335 e. The molecule has 3 rings (SSSR count). The van der Waals surface area contributed by atoms with Crippen molar-refractivity contribution in [3.63, 3.8) is 0 Å². The first-order valence-corrected chi connectivity index (χ1v) is 7.73. The Bertz CT molecular complexity index is 647. The van der Waals surface area contributed by atoms with E-state index in [1.54, 1.807) is 11.0 Å². The molecule has 2 heterocycles. The van der Waals surface area contributed by atoms with Crippen molar-refractivity contribution < 1.29 is 9.00 Å². The van der Waals surface area contributed by atoms with Gasteiger partial charge in [0.25, 0.3) is 5.91 Å². The van der Waals surface area contributed by atoms with Crippen LogP contribution in [0.15, 0.2) is 36.4 Å². The van der Waals surface area contributed by atoms with Crippen molar-refractivity contribution in [2.24, 2.45) is 0 Å². The molecule has 0 radical (unpaired) electrons. The zero-order valence-corrected chi connectivity index (χ0v) is 11.2. The molecule has 1 aromatic carbocycles. The fraction of sp³-hybridized carbons (Fsp3) is 0.286. The van der Waals surface area contributed by atoms with Crippen molar-refractivity contribution in [1.29, 1.82) is 0 Å². The predicted molar refractivity (Wildman–Crippen MR) is 75.5 cm³/mol. The van der Waals surface area contributed by atoms with Crippen LogP contribution in [0.2, 0.25) is 0 Å². The van der Waals surface area contributed by atoms with Crippen LogP contribution in [0.25, 0.3) is 10.9 Å². The second-order valence-electron chi connectivity index (χ2n) is 4.53. The molecule has 0 unspecified atom stereocenters. The quantitative estimate of drug-likeness (QED) is 0.790. The Morgan fingerprint density at radius 1 is 1.11 bits per heavy atom. The van der Waals surface area contributed by atoms with Gasteiger partial charge < -0.3 is 4.90 Å². The molecule has 5 heteroatoms. The first-order valence-electron chi connectivity index (χ1n) is 6.24. The molecule has 0 bridgehead atoms. The van der Waals surface area contributed by atoms with E-state index in [1.165, 1.54) is 0 Å². The maximum absolute atomic E-state index is 12.3. The highest BCUT2D eigenvalue weighted by atomic mass is 32.2. The second-order valence-corrected chi connectivity index (χ2v) is 6.23. The summed E-state index contributed by atoms with van der Waals surface area (Å²) >= 11 is 0. The SMILES string of the molecule is O=C(c1ccc2ccccc2n1)N1CCS(=O)CC1. The van der Waals surface area contributed by atoms with E-state index in [9.17, 15) is 9.00 Å². The normalized spacial score (nSPS) is 16.7. The van der Waals surface area contributed by atoms with Gasteiger partial charge in [-0.3, -0.25) is 9.00 Å². The lowest BCUT2D eigenvalue weighted by Gasteiger charge is -2.26. The summed E-state index contributed by atoms with van der Waals surface area (Å²) in [5, 5.41) is 1.03.